The summed E-state index contributed by atoms with van der Waals surface area (Å²) >= 11 is 0. The van der Waals surface area contributed by atoms with E-state index in [0.717, 1.165) is 55.5 Å². The van der Waals surface area contributed by atoms with Crippen molar-refractivity contribution in [3.8, 4) is 0 Å². The van der Waals surface area contributed by atoms with Crippen LogP contribution in [-0.2, 0) is 6.42 Å². The predicted octanol–water partition coefficient (Wildman–Crippen LogP) is 2.98. The van der Waals surface area contributed by atoms with Gasteiger partial charge in [0.15, 0.2) is 0 Å². The number of anilines is 1. The Hall–Kier alpha value is -1.75. The second kappa shape index (κ2) is 6.40. The number of aliphatic hydroxyl groups is 1. The number of hydrogen-bond donors (Lipinski definition) is 3. The molecular formula is C22H31N3O2. The molecule has 4 fully saturated rings. The largest absolute Gasteiger partial charge is 0.387 e. The standard InChI is InChI=1S/C22H31N3O2/c1-25-5-4-17-9-18(2-3-19(17)25)20(26)13-23-21(27)24-22-10-14-6-15(11-22)8-16(7-14)12-22/h2-3,9,14-16,20,26H,4-8,10-13H2,1H3,(H2,23,24,27). The quantitative estimate of drug-likeness (QED) is 0.764. The normalized spacial score (nSPS) is 34.4. The van der Waals surface area contributed by atoms with Gasteiger partial charge in [-0.2, -0.15) is 0 Å². The molecule has 0 radical (unpaired) electrons. The van der Waals surface area contributed by atoms with Gasteiger partial charge in [-0.15, -0.1) is 0 Å². The van der Waals surface area contributed by atoms with Crippen molar-refractivity contribution >= 4 is 11.7 Å². The van der Waals surface area contributed by atoms with Gasteiger partial charge in [0.2, 0.25) is 0 Å². The average Bonchev–Trinajstić information content (AvgIpc) is 2.98. The summed E-state index contributed by atoms with van der Waals surface area (Å²) in [6, 6.07) is 6.03. The molecule has 0 aromatic heterocycles. The maximum absolute atomic E-state index is 12.6. The number of carbonyl (C=O) groups is 1. The van der Waals surface area contributed by atoms with Crippen LogP contribution < -0.4 is 15.5 Å². The van der Waals surface area contributed by atoms with Gasteiger partial charge in [-0.05, 0) is 79.9 Å². The van der Waals surface area contributed by atoms with E-state index >= 15 is 0 Å². The van der Waals surface area contributed by atoms with Crippen LogP contribution in [0.1, 0.15) is 55.8 Å². The molecule has 1 aromatic carbocycles. The van der Waals surface area contributed by atoms with E-state index in [2.05, 4.69) is 34.7 Å². The van der Waals surface area contributed by atoms with Gasteiger partial charge in [0, 0.05) is 31.4 Å². The summed E-state index contributed by atoms with van der Waals surface area (Å²) in [5.74, 6) is 2.44. The summed E-state index contributed by atoms with van der Waals surface area (Å²) in [7, 11) is 2.10. The second-order valence-electron chi connectivity index (χ2n) is 9.61. The summed E-state index contributed by atoms with van der Waals surface area (Å²) in [5, 5.41) is 16.8. The summed E-state index contributed by atoms with van der Waals surface area (Å²) in [6.07, 6.45) is 7.90. The van der Waals surface area contributed by atoms with Gasteiger partial charge in [-0.1, -0.05) is 12.1 Å². The number of rotatable bonds is 4. The Balaban J connectivity index is 1.18. The van der Waals surface area contributed by atoms with Crippen LogP contribution in [0.15, 0.2) is 18.2 Å². The van der Waals surface area contributed by atoms with Crippen LogP contribution in [0.3, 0.4) is 0 Å². The number of likely N-dealkylation sites (N-methyl/N-ethyl adjacent to an activating group) is 1. The molecule has 6 rings (SSSR count). The fourth-order valence-electron chi connectivity index (χ4n) is 6.65. The maximum atomic E-state index is 12.6. The minimum Gasteiger partial charge on any atom is -0.387 e. The number of nitrogens with one attached hydrogen (secondary N) is 2. The minimum absolute atomic E-state index is 0.0158. The molecule has 2 amide bonds. The second-order valence-corrected chi connectivity index (χ2v) is 9.61. The molecule has 0 saturated heterocycles. The Labute approximate surface area is 161 Å². The van der Waals surface area contributed by atoms with Gasteiger partial charge in [0.1, 0.15) is 0 Å². The topological polar surface area (TPSA) is 64.6 Å². The number of hydrogen-bond acceptors (Lipinski definition) is 3. The first-order valence-corrected chi connectivity index (χ1v) is 10.6. The van der Waals surface area contributed by atoms with Crippen LogP contribution in [-0.4, -0.2) is 36.8 Å². The molecule has 1 heterocycles. The smallest absolute Gasteiger partial charge is 0.315 e. The molecular weight excluding hydrogens is 338 g/mol. The molecule has 4 aliphatic carbocycles. The van der Waals surface area contributed by atoms with Crippen LogP contribution in [0.2, 0.25) is 0 Å². The Kier molecular flexibility index (Phi) is 4.12. The van der Waals surface area contributed by atoms with Crippen LogP contribution >= 0.6 is 0 Å². The van der Waals surface area contributed by atoms with E-state index in [-0.39, 0.29) is 18.1 Å². The van der Waals surface area contributed by atoms with Crippen molar-refractivity contribution in [3.63, 3.8) is 0 Å². The number of aliphatic hydroxyl groups excluding tert-OH is 1. The third kappa shape index (κ3) is 3.20. The van der Waals surface area contributed by atoms with Crippen molar-refractivity contribution in [2.24, 2.45) is 17.8 Å². The van der Waals surface area contributed by atoms with E-state index in [1.54, 1.807) is 0 Å². The third-order valence-electron chi connectivity index (χ3n) is 7.49. The minimum atomic E-state index is -0.664. The predicted molar refractivity (Wildman–Crippen MR) is 106 cm³/mol. The number of carbonyl (C=O) groups excluding carboxylic acids is 1. The molecule has 1 unspecified atom stereocenters. The van der Waals surface area contributed by atoms with Crippen LogP contribution in [0, 0.1) is 17.8 Å². The fourth-order valence-corrected chi connectivity index (χ4v) is 6.65. The van der Waals surface area contributed by atoms with Crippen LogP contribution in [0.5, 0.6) is 0 Å². The fraction of sp³-hybridized carbons (Fsp3) is 0.682. The summed E-state index contributed by atoms with van der Waals surface area (Å²) in [6.45, 7) is 1.29. The van der Waals surface area contributed by atoms with E-state index in [4.69, 9.17) is 0 Å². The molecule has 4 bridgehead atoms. The van der Waals surface area contributed by atoms with Crippen molar-refractivity contribution in [3.05, 3.63) is 29.3 Å². The van der Waals surface area contributed by atoms with E-state index in [9.17, 15) is 9.90 Å². The lowest BCUT2D eigenvalue weighted by molar-refractivity contribution is -0.0136. The van der Waals surface area contributed by atoms with Gasteiger partial charge in [0.05, 0.1) is 6.10 Å². The van der Waals surface area contributed by atoms with Crippen LogP contribution in [0.4, 0.5) is 10.5 Å². The molecule has 146 valence electrons. The summed E-state index contributed by atoms with van der Waals surface area (Å²) < 4.78 is 0. The molecule has 4 saturated carbocycles. The molecule has 5 heteroatoms. The zero-order chi connectivity index (χ0) is 18.6. The first-order chi connectivity index (χ1) is 13.0. The van der Waals surface area contributed by atoms with Crippen molar-refractivity contribution < 1.29 is 9.90 Å². The van der Waals surface area contributed by atoms with Gasteiger partial charge < -0.3 is 20.6 Å². The van der Waals surface area contributed by atoms with Crippen LogP contribution in [0.25, 0.3) is 0 Å². The van der Waals surface area contributed by atoms with E-state index in [1.807, 2.05) is 6.07 Å². The van der Waals surface area contributed by atoms with E-state index < -0.39 is 6.10 Å². The SMILES string of the molecule is CN1CCc2cc(C(O)CNC(=O)NC34CC5CC(CC(C5)C3)C4)ccc21. The first-order valence-electron chi connectivity index (χ1n) is 10.6. The highest BCUT2D eigenvalue weighted by Gasteiger charge is 2.51. The zero-order valence-corrected chi connectivity index (χ0v) is 16.2. The first kappa shape index (κ1) is 17.4. The molecule has 3 N–H and O–H groups in total. The van der Waals surface area contributed by atoms with Crippen molar-refractivity contribution in [2.45, 2.75) is 56.6 Å². The Morgan fingerprint density at radius 3 is 2.56 bits per heavy atom. The van der Waals surface area contributed by atoms with Gasteiger partial charge >= 0.3 is 6.03 Å². The van der Waals surface area contributed by atoms with Crippen molar-refractivity contribution in [1.82, 2.24) is 10.6 Å². The number of benzene rings is 1. The molecule has 5 nitrogen and oxygen atoms in total. The van der Waals surface area contributed by atoms with Gasteiger partial charge in [-0.25, -0.2) is 4.79 Å². The number of nitrogens with zero attached hydrogens (tertiary/aromatic N) is 1. The molecule has 1 aliphatic heterocycles. The Morgan fingerprint density at radius 1 is 1.22 bits per heavy atom. The third-order valence-corrected chi connectivity index (χ3v) is 7.49. The number of amides is 2. The number of urea groups is 1. The molecule has 1 aromatic rings. The average molecular weight is 370 g/mol. The lowest BCUT2D eigenvalue weighted by Gasteiger charge is -2.56. The molecule has 0 spiro atoms. The zero-order valence-electron chi connectivity index (χ0n) is 16.2. The molecule has 1 atom stereocenters. The number of fused-ring (bicyclic) bond motifs is 1. The summed E-state index contributed by atoms with van der Waals surface area (Å²) in [4.78, 5) is 14.8. The lowest BCUT2D eigenvalue weighted by atomic mass is 9.53. The monoisotopic (exact) mass is 369 g/mol. The highest BCUT2D eigenvalue weighted by Crippen LogP contribution is 2.55. The Bertz CT molecular complexity index is 712. The van der Waals surface area contributed by atoms with Crippen molar-refractivity contribution in [2.75, 3.05) is 25.0 Å². The van der Waals surface area contributed by atoms with Gasteiger partial charge in [-0.3, -0.25) is 0 Å². The van der Waals surface area contributed by atoms with Gasteiger partial charge in [0.25, 0.3) is 0 Å². The summed E-state index contributed by atoms with van der Waals surface area (Å²) in [5.41, 5.74) is 3.44. The highest BCUT2D eigenvalue weighted by molar-refractivity contribution is 5.75. The maximum Gasteiger partial charge on any atom is 0.315 e. The highest BCUT2D eigenvalue weighted by atomic mass is 16.3. The van der Waals surface area contributed by atoms with E-state index in [0.29, 0.717) is 0 Å². The van der Waals surface area contributed by atoms with E-state index in [1.165, 1.54) is 30.5 Å². The molecule has 27 heavy (non-hydrogen) atoms. The molecule has 5 aliphatic rings. The van der Waals surface area contributed by atoms with Crippen molar-refractivity contribution in [1.29, 1.82) is 0 Å². The lowest BCUT2D eigenvalue weighted by Crippen LogP contribution is -2.61. The Morgan fingerprint density at radius 2 is 1.89 bits per heavy atom.